The summed E-state index contributed by atoms with van der Waals surface area (Å²) in [5.41, 5.74) is 0.870. The van der Waals surface area contributed by atoms with E-state index in [1.54, 1.807) is 6.07 Å². The van der Waals surface area contributed by atoms with Gasteiger partial charge in [-0.1, -0.05) is 13.0 Å². The Morgan fingerprint density at radius 1 is 1.39 bits per heavy atom. The zero-order chi connectivity index (χ0) is 13.0. The maximum absolute atomic E-state index is 13.3. The Bertz CT molecular complexity index is 391. The van der Waals surface area contributed by atoms with Gasteiger partial charge in [-0.3, -0.25) is 0 Å². The summed E-state index contributed by atoms with van der Waals surface area (Å²) in [6, 6.07) is 4.42. The Labute approximate surface area is 111 Å². The second kappa shape index (κ2) is 6.53. The van der Waals surface area contributed by atoms with Crippen molar-refractivity contribution in [2.45, 2.75) is 25.8 Å². The van der Waals surface area contributed by atoms with Gasteiger partial charge in [0.25, 0.3) is 0 Å². The minimum atomic E-state index is -0.770. The van der Waals surface area contributed by atoms with Gasteiger partial charge in [-0.2, -0.15) is 11.8 Å². The van der Waals surface area contributed by atoms with Crippen LogP contribution in [0, 0.1) is 17.6 Å². The van der Waals surface area contributed by atoms with Gasteiger partial charge >= 0.3 is 0 Å². The summed E-state index contributed by atoms with van der Waals surface area (Å²) in [4.78, 5) is 0. The first-order valence-corrected chi connectivity index (χ1v) is 7.64. The predicted octanol–water partition coefficient (Wildman–Crippen LogP) is 3.76. The first-order chi connectivity index (χ1) is 8.72. The van der Waals surface area contributed by atoms with Crippen LogP contribution in [-0.4, -0.2) is 18.1 Å². The first kappa shape index (κ1) is 13.8. The fourth-order valence-corrected chi connectivity index (χ4v) is 3.68. The molecule has 18 heavy (non-hydrogen) atoms. The van der Waals surface area contributed by atoms with Crippen LogP contribution in [0.15, 0.2) is 18.2 Å². The lowest BCUT2D eigenvalue weighted by atomic mass is 9.92. The number of nitrogens with one attached hydrogen (secondary N) is 1. The van der Waals surface area contributed by atoms with Crippen molar-refractivity contribution in [1.29, 1.82) is 0 Å². The van der Waals surface area contributed by atoms with Crippen LogP contribution < -0.4 is 5.32 Å². The number of halogens is 2. The molecule has 0 aliphatic carbocycles. The molecule has 1 aliphatic heterocycles. The molecule has 2 atom stereocenters. The zero-order valence-corrected chi connectivity index (χ0v) is 11.4. The SMILES string of the molecule is CCCNC(c1ccc(F)c(F)c1)C1CCSC1. The molecule has 0 bridgehead atoms. The van der Waals surface area contributed by atoms with E-state index in [4.69, 9.17) is 0 Å². The molecule has 0 radical (unpaired) electrons. The first-order valence-electron chi connectivity index (χ1n) is 6.48. The van der Waals surface area contributed by atoms with Crippen LogP contribution in [-0.2, 0) is 0 Å². The molecule has 0 spiro atoms. The molecule has 0 saturated carbocycles. The Morgan fingerprint density at radius 3 is 2.83 bits per heavy atom. The van der Waals surface area contributed by atoms with Crippen LogP contribution in [0.3, 0.4) is 0 Å². The molecule has 4 heteroatoms. The van der Waals surface area contributed by atoms with Crippen LogP contribution in [0.1, 0.15) is 31.4 Å². The third kappa shape index (κ3) is 3.23. The quantitative estimate of drug-likeness (QED) is 0.875. The van der Waals surface area contributed by atoms with Gasteiger partial charge in [0.2, 0.25) is 0 Å². The highest BCUT2D eigenvalue weighted by molar-refractivity contribution is 7.99. The van der Waals surface area contributed by atoms with Gasteiger partial charge in [0.15, 0.2) is 11.6 Å². The van der Waals surface area contributed by atoms with Crippen LogP contribution in [0.4, 0.5) is 8.78 Å². The van der Waals surface area contributed by atoms with Crippen LogP contribution in [0.5, 0.6) is 0 Å². The minimum Gasteiger partial charge on any atom is -0.310 e. The van der Waals surface area contributed by atoms with E-state index in [9.17, 15) is 8.78 Å². The summed E-state index contributed by atoms with van der Waals surface area (Å²) in [5, 5.41) is 3.47. The Kier molecular flexibility index (Phi) is 5.01. The normalized spacial score (nSPS) is 21.2. The minimum absolute atomic E-state index is 0.148. The Morgan fingerprint density at radius 2 is 2.22 bits per heavy atom. The molecule has 1 aromatic carbocycles. The molecule has 1 saturated heterocycles. The molecule has 100 valence electrons. The molecule has 2 rings (SSSR count). The molecule has 1 N–H and O–H groups in total. The van der Waals surface area contributed by atoms with E-state index in [1.165, 1.54) is 17.9 Å². The van der Waals surface area contributed by atoms with Crippen molar-refractivity contribution in [1.82, 2.24) is 5.32 Å². The average Bonchev–Trinajstić information content (AvgIpc) is 2.88. The molecule has 0 aromatic heterocycles. The molecular formula is C14H19F2NS. The fourth-order valence-electron chi connectivity index (χ4n) is 2.38. The van der Waals surface area contributed by atoms with Crippen molar-refractivity contribution < 1.29 is 8.78 Å². The summed E-state index contributed by atoms with van der Waals surface area (Å²) in [7, 11) is 0. The van der Waals surface area contributed by atoms with E-state index in [0.29, 0.717) is 5.92 Å². The summed E-state index contributed by atoms with van der Waals surface area (Å²) in [5.74, 6) is 1.26. The van der Waals surface area contributed by atoms with Gasteiger partial charge in [-0.05, 0) is 54.5 Å². The number of thioether (sulfide) groups is 1. The van der Waals surface area contributed by atoms with Crippen molar-refractivity contribution >= 4 is 11.8 Å². The van der Waals surface area contributed by atoms with Crippen LogP contribution in [0.2, 0.25) is 0 Å². The van der Waals surface area contributed by atoms with Crippen molar-refractivity contribution in [3.05, 3.63) is 35.4 Å². The van der Waals surface area contributed by atoms with E-state index in [-0.39, 0.29) is 6.04 Å². The van der Waals surface area contributed by atoms with Gasteiger partial charge in [-0.25, -0.2) is 8.78 Å². The Balaban J connectivity index is 2.17. The number of rotatable bonds is 5. The number of benzene rings is 1. The summed E-state index contributed by atoms with van der Waals surface area (Å²) in [6.45, 7) is 3.02. The van der Waals surface area contributed by atoms with Gasteiger partial charge in [0.1, 0.15) is 0 Å². The second-order valence-corrected chi connectivity index (χ2v) is 5.88. The van der Waals surface area contributed by atoms with Gasteiger partial charge in [0.05, 0.1) is 0 Å². The topological polar surface area (TPSA) is 12.0 Å². The maximum atomic E-state index is 13.3. The van der Waals surface area contributed by atoms with Crippen molar-refractivity contribution in [2.75, 3.05) is 18.1 Å². The second-order valence-electron chi connectivity index (χ2n) is 4.73. The van der Waals surface area contributed by atoms with Gasteiger partial charge < -0.3 is 5.32 Å². The number of hydrogen-bond donors (Lipinski definition) is 1. The molecule has 1 aromatic rings. The van der Waals surface area contributed by atoms with Crippen molar-refractivity contribution in [3.63, 3.8) is 0 Å². The van der Waals surface area contributed by atoms with E-state index in [2.05, 4.69) is 12.2 Å². The maximum Gasteiger partial charge on any atom is 0.159 e. The van der Waals surface area contributed by atoms with E-state index in [0.717, 1.165) is 30.7 Å². The highest BCUT2D eigenvalue weighted by atomic mass is 32.2. The lowest BCUT2D eigenvalue weighted by Crippen LogP contribution is -2.29. The standard InChI is InChI=1S/C14H19F2NS/c1-2-6-17-14(11-5-7-18-9-11)10-3-4-12(15)13(16)8-10/h3-4,8,11,14,17H,2,5-7,9H2,1H3. The summed E-state index contributed by atoms with van der Waals surface area (Å²) >= 11 is 1.94. The van der Waals surface area contributed by atoms with Crippen molar-refractivity contribution in [2.24, 2.45) is 5.92 Å². The molecule has 1 heterocycles. The van der Waals surface area contributed by atoms with E-state index >= 15 is 0 Å². The van der Waals surface area contributed by atoms with E-state index in [1.807, 2.05) is 11.8 Å². The lowest BCUT2D eigenvalue weighted by molar-refractivity contribution is 0.390. The van der Waals surface area contributed by atoms with Gasteiger partial charge in [0, 0.05) is 6.04 Å². The molecule has 1 fully saturated rings. The summed E-state index contributed by atoms with van der Waals surface area (Å²) in [6.07, 6.45) is 2.19. The Hall–Kier alpha value is -0.610. The molecule has 0 amide bonds. The average molecular weight is 271 g/mol. The van der Waals surface area contributed by atoms with Gasteiger partial charge in [-0.15, -0.1) is 0 Å². The smallest absolute Gasteiger partial charge is 0.159 e. The molecule has 1 aliphatic rings. The lowest BCUT2D eigenvalue weighted by Gasteiger charge is -2.25. The highest BCUT2D eigenvalue weighted by Crippen LogP contribution is 2.34. The molecule has 1 nitrogen and oxygen atoms in total. The highest BCUT2D eigenvalue weighted by Gasteiger charge is 2.26. The molecule has 2 unspecified atom stereocenters. The van der Waals surface area contributed by atoms with Crippen LogP contribution in [0.25, 0.3) is 0 Å². The molecular weight excluding hydrogens is 252 g/mol. The third-order valence-corrected chi connectivity index (χ3v) is 4.54. The van der Waals surface area contributed by atoms with Crippen molar-refractivity contribution in [3.8, 4) is 0 Å². The monoisotopic (exact) mass is 271 g/mol. The zero-order valence-electron chi connectivity index (χ0n) is 10.6. The van der Waals surface area contributed by atoms with Crippen LogP contribution >= 0.6 is 11.8 Å². The van der Waals surface area contributed by atoms with E-state index < -0.39 is 11.6 Å². The largest absolute Gasteiger partial charge is 0.310 e. The fraction of sp³-hybridized carbons (Fsp3) is 0.571. The summed E-state index contributed by atoms with van der Waals surface area (Å²) < 4.78 is 26.3. The predicted molar refractivity (Wildman–Crippen MR) is 72.8 cm³/mol. The third-order valence-electron chi connectivity index (χ3n) is 3.35. The number of hydrogen-bond acceptors (Lipinski definition) is 2.